The van der Waals surface area contributed by atoms with Gasteiger partial charge in [0.15, 0.2) is 0 Å². The molecule has 2 aromatic rings. The van der Waals surface area contributed by atoms with Gasteiger partial charge in [0.1, 0.15) is 0 Å². The maximum Gasteiger partial charge on any atom is 0.243 e. The van der Waals surface area contributed by atoms with E-state index in [0.29, 0.717) is 37.4 Å². The predicted molar refractivity (Wildman–Crippen MR) is 108 cm³/mol. The second-order valence-corrected chi connectivity index (χ2v) is 9.12. The van der Waals surface area contributed by atoms with Crippen LogP contribution in [0.3, 0.4) is 0 Å². The first-order valence-corrected chi connectivity index (χ1v) is 11.2. The molecular formula is C21H28N2O3S. The molecule has 1 fully saturated rings. The summed E-state index contributed by atoms with van der Waals surface area (Å²) in [6.45, 7) is 3.63. The van der Waals surface area contributed by atoms with Gasteiger partial charge in [-0.05, 0) is 42.2 Å². The number of carbonyl (C=O) groups excluding carboxylic acids is 1. The summed E-state index contributed by atoms with van der Waals surface area (Å²) < 4.78 is 27.5. The fraction of sp³-hybridized carbons (Fsp3) is 0.476. The van der Waals surface area contributed by atoms with Crippen LogP contribution < -0.4 is 5.32 Å². The predicted octanol–water partition coefficient (Wildman–Crippen LogP) is 3.55. The van der Waals surface area contributed by atoms with Crippen LogP contribution in [0.4, 0.5) is 0 Å². The molecule has 0 unspecified atom stereocenters. The SMILES string of the molecule is CCCCCNC(=O)C1CCN(S(=O)(=O)c2ccc3ccccc3c2)CC1. The minimum atomic E-state index is -3.53. The third-order valence-electron chi connectivity index (χ3n) is 5.26. The first kappa shape index (κ1) is 19.8. The Morgan fingerprint density at radius 3 is 2.48 bits per heavy atom. The van der Waals surface area contributed by atoms with Crippen LogP contribution in [-0.4, -0.2) is 38.3 Å². The average molecular weight is 389 g/mol. The van der Waals surface area contributed by atoms with E-state index in [1.807, 2.05) is 30.3 Å². The molecule has 2 aromatic carbocycles. The van der Waals surface area contributed by atoms with E-state index in [-0.39, 0.29) is 11.8 Å². The molecular weight excluding hydrogens is 360 g/mol. The van der Waals surface area contributed by atoms with Crippen molar-refractivity contribution in [2.45, 2.75) is 43.9 Å². The zero-order chi connectivity index (χ0) is 19.3. The van der Waals surface area contributed by atoms with Crippen LogP contribution in [0.15, 0.2) is 47.4 Å². The summed E-state index contributed by atoms with van der Waals surface area (Å²) in [5.41, 5.74) is 0. The van der Waals surface area contributed by atoms with Gasteiger partial charge < -0.3 is 5.32 Å². The Bertz CT molecular complexity index is 887. The molecule has 1 amide bonds. The summed E-state index contributed by atoms with van der Waals surface area (Å²) in [5, 5.41) is 4.93. The quantitative estimate of drug-likeness (QED) is 0.738. The lowest BCUT2D eigenvalue weighted by Crippen LogP contribution is -2.43. The third-order valence-corrected chi connectivity index (χ3v) is 7.16. The zero-order valence-electron chi connectivity index (χ0n) is 15.9. The van der Waals surface area contributed by atoms with E-state index in [2.05, 4.69) is 12.2 Å². The van der Waals surface area contributed by atoms with Gasteiger partial charge in [0.2, 0.25) is 15.9 Å². The molecule has 0 saturated carbocycles. The van der Waals surface area contributed by atoms with E-state index in [9.17, 15) is 13.2 Å². The van der Waals surface area contributed by atoms with Gasteiger partial charge in [0.25, 0.3) is 0 Å². The summed E-state index contributed by atoms with van der Waals surface area (Å²) in [4.78, 5) is 12.6. The molecule has 146 valence electrons. The monoisotopic (exact) mass is 388 g/mol. The van der Waals surface area contributed by atoms with Crippen LogP contribution in [0.25, 0.3) is 10.8 Å². The first-order chi connectivity index (χ1) is 13.0. The van der Waals surface area contributed by atoms with Crippen LogP contribution in [0.1, 0.15) is 39.0 Å². The van der Waals surface area contributed by atoms with Crippen molar-refractivity contribution in [3.63, 3.8) is 0 Å². The van der Waals surface area contributed by atoms with E-state index >= 15 is 0 Å². The van der Waals surface area contributed by atoms with Crippen molar-refractivity contribution in [1.29, 1.82) is 0 Å². The van der Waals surface area contributed by atoms with Gasteiger partial charge in [-0.25, -0.2) is 8.42 Å². The molecule has 0 aliphatic carbocycles. The van der Waals surface area contributed by atoms with E-state index in [1.54, 1.807) is 12.1 Å². The Hall–Kier alpha value is -1.92. The summed E-state index contributed by atoms with van der Waals surface area (Å²) >= 11 is 0. The van der Waals surface area contributed by atoms with Crippen molar-refractivity contribution in [2.24, 2.45) is 5.92 Å². The lowest BCUT2D eigenvalue weighted by atomic mass is 9.97. The molecule has 1 aliphatic rings. The summed E-state index contributed by atoms with van der Waals surface area (Å²) in [7, 11) is -3.53. The van der Waals surface area contributed by atoms with Gasteiger partial charge in [-0.2, -0.15) is 4.31 Å². The number of piperidine rings is 1. The summed E-state index contributed by atoms with van der Waals surface area (Å²) in [6.07, 6.45) is 4.39. The van der Waals surface area contributed by atoms with E-state index < -0.39 is 10.0 Å². The maximum absolute atomic E-state index is 13.0. The van der Waals surface area contributed by atoms with Crippen LogP contribution >= 0.6 is 0 Å². The summed E-state index contributed by atoms with van der Waals surface area (Å²) in [6, 6.07) is 13.0. The minimum Gasteiger partial charge on any atom is -0.356 e. The van der Waals surface area contributed by atoms with Crippen LogP contribution in [0, 0.1) is 5.92 Å². The third kappa shape index (κ3) is 4.68. The second-order valence-electron chi connectivity index (χ2n) is 7.19. The van der Waals surface area contributed by atoms with Crippen molar-refractivity contribution >= 4 is 26.7 Å². The first-order valence-electron chi connectivity index (χ1n) is 9.79. The van der Waals surface area contributed by atoms with Crippen LogP contribution in [0.5, 0.6) is 0 Å². The van der Waals surface area contributed by atoms with Gasteiger partial charge in [-0.1, -0.05) is 50.1 Å². The molecule has 0 atom stereocenters. The van der Waals surface area contributed by atoms with Gasteiger partial charge in [-0.3, -0.25) is 4.79 Å². The number of sulfonamides is 1. The molecule has 1 heterocycles. The molecule has 1 N–H and O–H groups in total. The normalized spacial score (nSPS) is 16.5. The average Bonchev–Trinajstić information content (AvgIpc) is 2.70. The highest BCUT2D eigenvalue weighted by molar-refractivity contribution is 7.89. The van der Waals surface area contributed by atoms with Gasteiger partial charge in [0.05, 0.1) is 4.90 Å². The van der Waals surface area contributed by atoms with Gasteiger partial charge >= 0.3 is 0 Å². The van der Waals surface area contributed by atoms with Crippen LogP contribution in [-0.2, 0) is 14.8 Å². The fourth-order valence-corrected chi connectivity index (χ4v) is 5.07. The minimum absolute atomic E-state index is 0.0638. The van der Waals surface area contributed by atoms with E-state index in [4.69, 9.17) is 0 Å². The molecule has 5 nitrogen and oxygen atoms in total. The van der Waals surface area contributed by atoms with Crippen LogP contribution in [0.2, 0.25) is 0 Å². The second kappa shape index (κ2) is 8.85. The number of rotatable bonds is 7. The maximum atomic E-state index is 13.0. The highest BCUT2D eigenvalue weighted by Gasteiger charge is 2.32. The molecule has 0 spiro atoms. The highest BCUT2D eigenvalue weighted by atomic mass is 32.2. The molecule has 0 bridgehead atoms. The molecule has 6 heteroatoms. The summed E-state index contributed by atoms with van der Waals surface area (Å²) in [5.74, 6) is -0.0245. The number of amides is 1. The highest BCUT2D eigenvalue weighted by Crippen LogP contribution is 2.26. The standard InChI is InChI=1S/C21H28N2O3S/c1-2-3-6-13-22-21(24)18-11-14-23(15-12-18)27(25,26)20-10-9-17-7-4-5-8-19(17)16-20/h4-5,7-10,16,18H,2-3,6,11-15H2,1H3,(H,22,24). The number of nitrogens with zero attached hydrogens (tertiary/aromatic N) is 1. The fourth-order valence-electron chi connectivity index (χ4n) is 3.57. The molecule has 1 saturated heterocycles. The van der Waals surface area contributed by atoms with Gasteiger partial charge in [-0.15, -0.1) is 0 Å². The Morgan fingerprint density at radius 2 is 1.78 bits per heavy atom. The lowest BCUT2D eigenvalue weighted by molar-refractivity contribution is -0.126. The molecule has 27 heavy (non-hydrogen) atoms. The molecule has 0 aromatic heterocycles. The molecule has 1 aliphatic heterocycles. The number of fused-ring (bicyclic) bond motifs is 1. The molecule has 3 rings (SSSR count). The Morgan fingerprint density at radius 1 is 1.07 bits per heavy atom. The Labute approximate surface area is 161 Å². The number of carbonyl (C=O) groups is 1. The van der Waals surface area contributed by atoms with Crippen molar-refractivity contribution in [1.82, 2.24) is 9.62 Å². The van der Waals surface area contributed by atoms with Crippen molar-refractivity contribution < 1.29 is 13.2 Å². The number of hydrogen-bond acceptors (Lipinski definition) is 3. The van der Waals surface area contributed by atoms with E-state index in [0.717, 1.165) is 30.0 Å². The van der Waals surface area contributed by atoms with E-state index in [1.165, 1.54) is 4.31 Å². The van der Waals surface area contributed by atoms with Crippen molar-refractivity contribution in [2.75, 3.05) is 19.6 Å². The lowest BCUT2D eigenvalue weighted by Gasteiger charge is -2.30. The number of nitrogens with one attached hydrogen (secondary N) is 1. The number of benzene rings is 2. The smallest absolute Gasteiger partial charge is 0.243 e. The number of unbranched alkanes of at least 4 members (excludes halogenated alkanes) is 2. The topological polar surface area (TPSA) is 66.5 Å². The van der Waals surface area contributed by atoms with Gasteiger partial charge in [0, 0.05) is 25.6 Å². The Balaban J connectivity index is 1.61. The molecule has 0 radical (unpaired) electrons. The van der Waals surface area contributed by atoms with Crippen molar-refractivity contribution in [3.05, 3.63) is 42.5 Å². The zero-order valence-corrected chi connectivity index (χ0v) is 16.7. The Kier molecular flexibility index (Phi) is 6.50. The van der Waals surface area contributed by atoms with Crippen molar-refractivity contribution in [3.8, 4) is 0 Å². The number of hydrogen-bond donors (Lipinski definition) is 1. The largest absolute Gasteiger partial charge is 0.356 e.